The second-order valence-electron chi connectivity index (χ2n) is 13.7. The summed E-state index contributed by atoms with van der Waals surface area (Å²) in [4.78, 5) is 71.2. The van der Waals surface area contributed by atoms with Crippen LogP contribution in [-0.4, -0.2) is 44.8 Å². The quantitative estimate of drug-likeness (QED) is 0.158. The minimum Gasteiger partial charge on any atom is -0.508 e. The fourth-order valence-electron chi connectivity index (χ4n) is 8.88. The van der Waals surface area contributed by atoms with Crippen LogP contribution in [0.1, 0.15) is 45.8 Å². The second-order valence-corrected chi connectivity index (χ2v) is 14.1. The van der Waals surface area contributed by atoms with E-state index in [0.29, 0.717) is 27.4 Å². The van der Waals surface area contributed by atoms with Gasteiger partial charge in [0.1, 0.15) is 5.75 Å². The summed E-state index contributed by atoms with van der Waals surface area (Å²) in [7, 11) is 0. The van der Waals surface area contributed by atoms with E-state index < -0.39 is 64.6 Å². The molecule has 8 rings (SSSR count). The number of benzene rings is 4. The molecule has 6 unspecified atom stereocenters. The first-order valence-corrected chi connectivity index (χ1v) is 17.1. The standard InChI is InChI=1S/C40H32ClN3O7/c1-21-10-13-25(14-11-21)42-44-36(47)31-20-29-27(15-16-28-33(29)37(48)43(35(28)46)26-9-5-6-22(18-26)38(49)50)34(30-19-24(41)12-17-32(30)45)40(31,39(44)51)23-7-3-2-4-8-23/h2-15,17-19,28-29,31,33-34,42,45H,16,20H2,1H3,(H,49,50). The predicted molar refractivity (Wildman–Crippen MR) is 188 cm³/mol. The normalized spacial score (nSPS) is 26.8. The van der Waals surface area contributed by atoms with Gasteiger partial charge < -0.3 is 10.2 Å². The highest BCUT2D eigenvalue weighted by Crippen LogP contribution is 2.65. The number of nitrogens with zero attached hydrogens (tertiary/aromatic N) is 2. The summed E-state index contributed by atoms with van der Waals surface area (Å²) in [5.41, 5.74) is 4.65. The molecule has 0 radical (unpaired) electrons. The Kier molecular flexibility index (Phi) is 7.61. The molecular formula is C40H32ClN3O7. The number of nitrogens with one attached hydrogen (secondary N) is 1. The molecule has 2 saturated heterocycles. The third-order valence-corrected chi connectivity index (χ3v) is 11.3. The Morgan fingerprint density at radius 3 is 2.33 bits per heavy atom. The van der Waals surface area contributed by atoms with Crippen LogP contribution in [0.3, 0.4) is 0 Å². The number of hydrogen-bond acceptors (Lipinski definition) is 7. The average Bonchev–Trinajstić information content (AvgIpc) is 3.51. The van der Waals surface area contributed by atoms with Crippen molar-refractivity contribution in [3.05, 3.63) is 136 Å². The van der Waals surface area contributed by atoms with Crippen LogP contribution in [0.4, 0.5) is 11.4 Å². The third-order valence-electron chi connectivity index (χ3n) is 11.0. The molecule has 256 valence electrons. The number of aromatic hydroxyl groups is 1. The number of rotatable bonds is 6. The van der Waals surface area contributed by atoms with E-state index in [9.17, 15) is 29.4 Å². The Bertz CT molecular complexity index is 2190. The van der Waals surface area contributed by atoms with Crippen molar-refractivity contribution in [3.63, 3.8) is 0 Å². The first-order chi connectivity index (χ1) is 24.5. The number of fused-ring (bicyclic) bond motifs is 4. The summed E-state index contributed by atoms with van der Waals surface area (Å²) in [6.07, 6.45) is 2.11. The lowest BCUT2D eigenvalue weighted by molar-refractivity contribution is -0.138. The molecule has 4 aromatic carbocycles. The van der Waals surface area contributed by atoms with Crippen LogP contribution in [-0.2, 0) is 24.6 Å². The van der Waals surface area contributed by atoms with Gasteiger partial charge in [0, 0.05) is 16.5 Å². The average molecular weight is 702 g/mol. The number of carbonyl (C=O) groups is 5. The minimum absolute atomic E-state index is 0.0679. The maximum absolute atomic E-state index is 15.2. The van der Waals surface area contributed by atoms with Gasteiger partial charge in [0.05, 0.1) is 40.1 Å². The summed E-state index contributed by atoms with van der Waals surface area (Å²) in [5, 5.41) is 22.5. The lowest BCUT2D eigenvalue weighted by Crippen LogP contribution is -2.53. The van der Waals surface area contributed by atoms with Crippen molar-refractivity contribution in [2.45, 2.75) is 31.1 Å². The highest BCUT2D eigenvalue weighted by atomic mass is 35.5. The molecule has 10 nitrogen and oxygen atoms in total. The number of aromatic carboxylic acids is 1. The Morgan fingerprint density at radius 1 is 0.863 bits per heavy atom. The van der Waals surface area contributed by atoms with Gasteiger partial charge in [-0.25, -0.2) is 4.79 Å². The van der Waals surface area contributed by atoms with E-state index >= 15 is 4.79 Å². The number of aryl methyl sites for hydroxylation is 1. The highest BCUT2D eigenvalue weighted by Gasteiger charge is 2.70. The number of halogens is 1. The number of anilines is 2. The molecule has 2 heterocycles. The second kappa shape index (κ2) is 11.9. The Labute approximate surface area is 297 Å². The van der Waals surface area contributed by atoms with Gasteiger partial charge in [-0.05, 0) is 79.8 Å². The van der Waals surface area contributed by atoms with Gasteiger partial charge in [0.25, 0.3) is 11.8 Å². The van der Waals surface area contributed by atoms with Gasteiger partial charge >= 0.3 is 5.97 Å². The molecule has 0 bridgehead atoms. The van der Waals surface area contributed by atoms with Crippen molar-refractivity contribution in [3.8, 4) is 5.75 Å². The first-order valence-electron chi connectivity index (χ1n) is 16.7. The van der Waals surface area contributed by atoms with Crippen LogP contribution in [0.15, 0.2) is 109 Å². The lowest BCUT2D eigenvalue weighted by Gasteiger charge is -2.50. The molecule has 3 fully saturated rings. The Hall–Kier alpha value is -5.74. The van der Waals surface area contributed by atoms with Gasteiger partial charge in [-0.1, -0.05) is 77.3 Å². The van der Waals surface area contributed by atoms with Crippen molar-refractivity contribution >= 4 is 52.6 Å². The molecule has 3 N–H and O–H groups in total. The Balaban J connectivity index is 1.31. The zero-order chi connectivity index (χ0) is 35.8. The van der Waals surface area contributed by atoms with Crippen molar-refractivity contribution in [2.75, 3.05) is 10.3 Å². The van der Waals surface area contributed by atoms with E-state index in [2.05, 4.69) is 5.43 Å². The number of carboxylic acid groups (broad SMARTS) is 1. The summed E-state index contributed by atoms with van der Waals surface area (Å²) < 4.78 is 0. The van der Waals surface area contributed by atoms with Gasteiger partial charge in [0.2, 0.25) is 11.8 Å². The van der Waals surface area contributed by atoms with Crippen molar-refractivity contribution in [1.29, 1.82) is 0 Å². The molecule has 51 heavy (non-hydrogen) atoms. The van der Waals surface area contributed by atoms with E-state index in [0.717, 1.165) is 15.5 Å². The smallest absolute Gasteiger partial charge is 0.335 e. The number of amides is 4. The summed E-state index contributed by atoms with van der Waals surface area (Å²) in [5.74, 6) is -7.61. The molecule has 2 aliphatic heterocycles. The molecule has 0 spiro atoms. The SMILES string of the molecule is Cc1ccc(NN2C(=O)C3CC4C(=CCC5C(=O)N(c6cccc(C(=O)O)c6)C(=O)C54)C(c4cc(Cl)ccc4O)C3(c3ccccc3)C2=O)cc1. The number of hydrazine groups is 1. The van der Waals surface area contributed by atoms with Crippen LogP contribution in [0.2, 0.25) is 5.02 Å². The first kappa shape index (κ1) is 32.5. The number of phenolic OH excluding ortho intramolecular Hbond substituents is 1. The number of carbonyl (C=O) groups excluding carboxylic acids is 4. The Morgan fingerprint density at radius 2 is 1.61 bits per heavy atom. The summed E-state index contributed by atoms with van der Waals surface area (Å²) in [6, 6.07) is 26.6. The lowest BCUT2D eigenvalue weighted by atomic mass is 9.49. The molecule has 6 atom stereocenters. The molecule has 4 aromatic rings. The maximum atomic E-state index is 15.2. The van der Waals surface area contributed by atoms with Gasteiger partial charge in [0.15, 0.2) is 0 Å². The number of carboxylic acids is 1. The molecule has 1 saturated carbocycles. The van der Waals surface area contributed by atoms with Crippen LogP contribution < -0.4 is 10.3 Å². The largest absolute Gasteiger partial charge is 0.508 e. The van der Waals surface area contributed by atoms with Crippen LogP contribution >= 0.6 is 11.6 Å². The van der Waals surface area contributed by atoms with Gasteiger partial charge in [-0.3, -0.25) is 29.5 Å². The molecule has 4 amide bonds. The van der Waals surface area contributed by atoms with Gasteiger partial charge in [-0.2, -0.15) is 5.01 Å². The van der Waals surface area contributed by atoms with E-state index in [1.807, 2.05) is 31.2 Å². The minimum atomic E-state index is -1.56. The molecular weight excluding hydrogens is 670 g/mol. The van der Waals surface area contributed by atoms with Crippen molar-refractivity contribution in [1.82, 2.24) is 5.01 Å². The number of hydrogen-bond donors (Lipinski definition) is 3. The molecule has 11 heteroatoms. The van der Waals surface area contributed by atoms with Crippen LogP contribution in [0.25, 0.3) is 0 Å². The van der Waals surface area contributed by atoms with Crippen LogP contribution in [0, 0.1) is 30.6 Å². The highest BCUT2D eigenvalue weighted by molar-refractivity contribution is 6.30. The van der Waals surface area contributed by atoms with Gasteiger partial charge in [-0.15, -0.1) is 0 Å². The van der Waals surface area contributed by atoms with E-state index in [4.69, 9.17) is 11.6 Å². The zero-order valence-electron chi connectivity index (χ0n) is 27.3. The zero-order valence-corrected chi connectivity index (χ0v) is 28.1. The number of imide groups is 2. The summed E-state index contributed by atoms with van der Waals surface area (Å²) in [6.45, 7) is 1.93. The monoisotopic (exact) mass is 701 g/mol. The predicted octanol–water partition coefficient (Wildman–Crippen LogP) is 6.24. The fraction of sp³-hybridized carbons (Fsp3) is 0.225. The summed E-state index contributed by atoms with van der Waals surface area (Å²) >= 11 is 6.56. The molecule has 4 aliphatic rings. The van der Waals surface area contributed by atoms with E-state index in [1.165, 1.54) is 36.4 Å². The maximum Gasteiger partial charge on any atom is 0.335 e. The van der Waals surface area contributed by atoms with Crippen LogP contribution in [0.5, 0.6) is 5.75 Å². The number of phenols is 1. The molecule has 2 aliphatic carbocycles. The number of allylic oxidation sites excluding steroid dienone is 2. The molecule has 0 aromatic heterocycles. The van der Waals surface area contributed by atoms with Crippen molar-refractivity contribution < 1.29 is 34.2 Å². The topological polar surface area (TPSA) is 144 Å². The fourth-order valence-corrected chi connectivity index (χ4v) is 9.06. The third kappa shape index (κ3) is 4.80. The van der Waals surface area contributed by atoms with Crippen molar-refractivity contribution in [2.24, 2.45) is 23.7 Å². The van der Waals surface area contributed by atoms with E-state index in [1.54, 1.807) is 42.5 Å². The van der Waals surface area contributed by atoms with E-state index in [-0.39, 0.29) is 29.8 Å².